The molecule has 0 spiro atoms. The number of nitrogens with one attached hydrogen (secondary N) is 1. The minimum atomic E-state index is -1.47. The molecular weight excluding hydrogens is 403 g/mol. The molecule has 0 unspecified atom stereocenters. The molecule has 10 heteroatoms. The number of thiocarbonyl (C=S) groups is 1. The minimum Gasteiger partial charge on any atom is -0.426 e. The maximum Gasteiger partial charge on any atom is 0.475 e. The van der Waals surface area contributed by atoms with Crippen LogP contribution < -0.4 is 11.1 Å². The molecule has 1 saturated heterocycles. The number of hydrogen-bond acceptors (Lipinski definition) is 6. The van der Waals surface area contributed by atoms with Gasteiger partial charge in [0.05, 0.1) is 18.0 Å². The summed E-state index contributed by atoms with van der Waals surface area (Å²) < 4.78 is 0. The molecule has 0 aromatic heterocycles. The van der Waals surface area contributed by atoms with Crippen molar-refractivity contribution in [3.63, 3.8) is 0 Å². The normalized spacial score (nSPS) is 22.9. The molecule has 0 aromatic rings. The van der Waals surface area contributed by atoms with Gasteiger partial charge in [0.25, 0.3) is 0 Å². The van der Waals surface area contributed by atoms with Gasteiger partial charge in [0.2, 0.25) is 11.8 Å². The Morgan fingerprint density at radius 3 is 2.43 bits per heavy atom. The van der Waals surface area contributed by atoms with Crippen molar-refractivity contribution in [2.75, 3.05) is 13.6 Å². The Morgan fingerprint density at radius 1 is 1.23 bits per heavy atom. The Kier molecular flexibility index (Phi) is 9.52. The predicted octanol–water partition coefficient (Wildman–Crippen LogP) is 0.440. The number of likely N-dealkylation sites (N-methyl/N-ethyl adjacent to an activating group) is 1. The number of rotatable bonds is 8. The van der Waals surface area contributed by atoms with Crippen molar-refractivity contribution in [1.29, 1.82) is 0 Å². The highest BCUT2D eigenvalue weighted by molar-refractivity contribution is 7.80. The molecule has 8 nitrogen and oxygen atoms in total. The van der Waals surface area contributed by atoms with Gasteiger partial charge in [0, 0.05) is 13.6 Å². The second-order valence-electron chi connectivity index (χ2n) is 8.67. The molecular formula is C20H37BN4O4S. The van der Waals surface area contributed by atoms with Crippen molar-refractivity contribution < 1.29 is 19.6 Å². The molecule has 2 rings (SSSR count). The van der Waals surface area contributed by atoms with Crippen LogP contribution in [0.15, 0.2) is 0 Å². The summed E-state index contributed by atoms with van der Waals surface area (Å²) in [5.74, 6) is -0.769. The van der Waals surface area contributed by atoms with Crippen molar-refractivity contribution in [3.8, 4) is 0 Å². The van der Waals surface area contributed by atoms with Crippen molar-refractivity contribution >= 4 is 36.1 Å². The van der Waals surface area contributed by atoms with Crippen LogP contribution in [0.5, 0.6) is 0 Å². The molecule has 2 aliphatic rings. The topological polar surface area (TPSA) is 119 Å². The second kappa shape index (κ2) is 11.4. The fraction of sp³-hybridized carbons (Fsp3) is 0.850. The van der Waals surface area contributed by atoms with Crippen LogP contribution in [0.25, 0.3) is 0 Å². The molecule has 170 valence electrons. The average molecular weight is 440 g/mol. The van der Waals surface area contributed by atoms with Crippen molar-refractivity contribution in [1.82, 2.24) is 15.1 Å². The molecule has 5 N–H and O–H groups in total. The Labute approximate surface area is 185 Å². The summed E-state index contributed by atoms with van der Waals surface area (Å²) in [6, 6.07) is -1.67. The fourth-order valence-corrected chi connectivity index (χ4v) is 4.96. The summed E-state index contributed by atoms with van der Waals surface area (Å²) in [5.41, 5.74) is 6.24. The number of nitrogens with two attached hydrogens (primary N) is 1. The van der Waals surface area contributed by atoms with Crippen LogP contribution in [0.3, 0.4) is 0 Å². The van der Waals surface area contributed by atoms with Crippen molar-refractivity contribution in [3.05, 3.63) is 0 Å². The van der Waals surface area contributed by atoms with Crippen LogP contribution in [0.4, 0.5) is 0 Å². The van der Waals surface area contributed by atoms with Crippen LogP contribution in [0, 0.1) is 5.92 Å². The van der Waals surface area contributed by atoms with E-state index in [-0.39, 0.29) is 17.7 Å². The van der Waals surface area contributed by atoms with Crippen molar-refractivity contribution in [2.45, 2.75) is 89.3 Å². The molecule has 0 bridgehead atoms. The van der Waals surface area contributed by atoms with E-state index in [0.717, 1.165) is 32.1 Å². The zero-order chi connectivity index (χ0) is 22.4. The summed E-state index contributed by atoms with van der Waals surface area (Å²) in [6.45, 7) is 4.24. The lowest BCUT2D eigenvalue weighted by atomic mass is 9.78. The van der Waals surface area contributed by atoms with Gasteiger partial charge in [0.1, 0.15) is 11.0 Å². The summed E-state index contributed by atoms with van der Waals surface area (Å²) in [4.78, 5) is 29.4. The highest BCUT2D eigenvalue weighted by Crippen LogP contribution is 2.26. The van der Waals surface area contributed by atoms with Crippen LogP contribution in [0.2, 0.25) is 0 Å². The van der Waals surface area contributed by atoms with Crippen LogP contribution in [-0.4, -0.2) is 81.4 Å². The lowest BCUT2D eigenvalue weighted by molar-refractivity contribution is -0.140. The third-order valence-corrected chi connectivity index (χ3v) is 7.22. The number of likely N-dealkylation sites (tertiary alicyclic amines) is 1. The van der Waals surface area contributed by atoms with Gasteiger partial charge in [-0.15, -0.1) is 0 Å². The van der Waals surface area contributed by atoms with Gasteiger partial charge in [-0.3, -0.25) is 9.59 Å². The first-order valence-electron chi connectivity index (χ1n) is 11.2. The standard InChI is InChI=1S/C20H37BN4O4S/c1-4-15(20(30)25-12-8-11-16(25)21(28)29)23-18(26)13(2)24(3)19(27)17(22)14-9-6-5-7-10-14/h13-17,28-29H,4-12,22H2,1-3H3,(H,23,26)/t13-,15-,16-,17-/m0/s1. The minimum absolute atomic E-state index is 0.178. The summed E-state index contributed by atoms with van der Waals surface area (Å²) in [6.07, 6.45) is 7.34. The van der Waals surface area contributed by atoms with E-state index in [1.165, 1.54) is 11.3 Å². The first-order valence-corrected chi connectivity index (χ1v) is 11.6. The molecule has 1 aliphatic carbocycles. The van der Waals surface area contributed by atoms with Gasteiger partial charge in [-0.05, 0) is 44.9 Å². The number of nitrogens with zero attached hydrogens (tertiary/aromatic N) is 2. The average Bonchev–Trinajstić information content (AvgIpc) is 3.25. The highest BCUT2D eigenvalue weighted by atomic mass is 32.1. The highest BCUT2D eigenvalue weighted by Gasteiger charge is 2.38. The van der Waals surface area contributed by atoms with Crippen LogP contribution in [-0.2, 0) is 9.59 Å². The van der Waals surface area contributed by atoms with E-state index in [0.29, 0.717) is 24.4 Å². The molecule has 1 heterocycles. The Hall–Kier alpha value is -1.23. The maximum atomic E-state index is 12.9. The zero-order valence-corrected chi connectivity index (χ0v) is 19.2. The maximum absolute atomic E-state index is 12.9. The Morgan fingerprint density at radius 2 is 1.87 bits per heavy atom. The smallest absolute Gasteiger partial charge is 0.426 e. The number of carbonyl (C=O) groups excluding carboxylic acids is 2. The molecule has 30 heavy (non-hydrogen) atoms. The Balaban J connectivity index is 1.96. The van der Waals surface area contributed by atoms with Crippen molar-refractivity contribution in [2.24, 2.45) is 11.7 Å². The lowest BCUT2D eigenvalue weighted by Gasteiger charge is -2.34. The first kappa shape index (κ1) is 25.0. The van der Waals surface area contributed by atoms with E-state index in [4.69, 9.17) is 18.0 Å². The Bertz CT molecular complexity index is 618. The third kappa shape index (κ3) is 5.93. The molecule has 2 fully saturated rings. The SMILES string of the molecule is CC[C@H](NC(=O)[C@H](C)N(C)C(=O)[C@@H](N)C1CCCCC1)C(=S)N1CCC[C@H]1B(O)O. The van der Waals surface area contributed by atoms with Gasteiger partial charge in [0.15, 0.2) is 0 Å². The lowest BCUT2D eigenvalue weighted by Crippen LogP contribution is -2.57. The molecule has 2 amide bonds. The summed E-state index contributed by atoms with van der Waals surface area (Å²) in [5, 5.41) is 22.1. The van der Waals surface area contributed by atoms with Gasteiger partial charge < -0.3 is 30.9 Å². The third-order valence-electron chi connectivity index (χ3n) is 6.70. The van der Waals surface area contributed by atoms with Gasteiger partial charge >= 0.3 is 7.12 Å². The second-order valence-corrected chi connectivity index (χ2v) is 9.09. The quantitative estimate of drug-likeness (QED) is 0.319. The largest absolute Gasteiger partial charge is 0.475 e. The summed E-state index contributed by atoms with van der Waals surface area (Å²) >= 11 is 5.57. The molecule has 4 atom stereocenters. The van der Waals surface area contributed by atoms with Crippen LogP contribution >= 0.6 is 12.2 Å². The fourth-order valence-electron chi connectivity index (χ4n) is 4.50. The first-order chi connectivity index (χ1) is 14.2. The van der Waals surface area contributed by atoms with E-state index in [1.54, 1.807) is 18.9 Å². The van der Waals surface area contributed by atoms with E-state index in [9.17, 15) is 19.6 Å². The molecule has 0 radical (unpaired) electrons. The van der Waals surface area contributed by atoms with E-state index >= 15 is 0 Å². The number of amides is 2. The number of hydrogen-bond donors (Lipinski definition) is 4. The zero-order valence-electron chi connectivity index (χ0n) is 18.4. The number of carbonyl (C=O) groups is 2. The van der Waals surface area contributed by atoms with Gasteiger partial charge in [-0.2, -0.15) is 0 Å². The van der Waals surface area contributed by atoms with Crippen LogP contribution in [0.1, 0.15) is 65.2 Å². The van der Waals surface area contributed by atoms with E-state index in [2.05, 4.69) is 5.32 Å². The predicted molar refractivity (Wildman–Crippen MR) is 122 cm³/mol. The monoisotopic (exact) mass is 440 g/mol. The molecule has 0 aromatic carbocycles. The molecule has 1 saturated carbocycles. The van der Waals surface area contributed by atoms with Gasteiger partial charge in [-0.1, -0.05) is 38.4 Å². The molecule has 1 aliphatic heterocycles. The van der Waals surface area contributed by atoms with E-state index < -0.39 is 31.2 Å². The van der Waals surface area contributed by atoms with E-state index in [1.807, 2.05) is 6.92 Å². The van der Waals surface area contributed by atoms with Gasteiger partial charge in [-0.25, -0.2) is 0 Å². The summed E-state index contributed by atoms with van der Waals surface area (Å²) in [7, 11) is 0.148.